The van der Waals surface area contributed by atoms with Gasteiger partial charge in [0.1, 0.15) is 11.4 Å². The van der Waals surface area contributed by atoms with Gasteiger partial charge in [0.15, 0.2) is 11.6 Å². The molecule has 0 N–H and O–H groups in total. The molecule has 0 bridgehead atoms. The van der Waals surface area contributed by atoms with Crippen LogP contribution in [0, 0.1) is 11.6 Å². The summed E-state index contributed by atoms with van der Waals surface area (Å²) in [5.41, 5.74) is 1.15. The van der Waals surface area contributed by atoms with Gasteiger partial charge in [-0.05, 0) is 42.7 Å². The summed E-state index contributed by atoms with van der Waals surface area (Å²) in [5.74, 6) is -2.60. The van der Waals surface area contributed by atoms with Crippen LogP contribution < -0.4 is 9.64 Å². The highest BCUT2D eigenvalue weighted by Gasteiger charge is 2.43. The van der Waals surface area contributed by atoms with Crippen molar-refractivity contribution in [3.8, 4) is 5.75 Å². The Hall–Kier alpha value is -3.22. The number of amides is 2. The second-order valence-electron chi connectivity index (χ2n) is 6.69. The van der Waals surface area contributed by atoms with Gasteiger partial charge in [0.05, 0.1) is 18.4 Å². The van der Waals surface area contributed by atoms with Crippen molar-refractivity contribution in [1.29, 1.82) is 0 Å². The standard InChI is InChI=1S/C21H18F2N2O3/c1-28-15-7-4-13(5-8-15)18-19(24-10-2-3-11-24)21(27)25(20(18)26)14-6-9-16(22)17(23)12-14/h4-9,12H,2-3,10-11H2,1H3. The van der Waals surface area contributed by atoms with Gasteiger partial charge in [-0.3, -0.25) is 9.59 Å². The lowest BCUT2D eigenvalue weighted by atomic mass is 10.0. The number of rotatable bonds is 4. The number of methoxy groups -OCH3 is 1. The lowest BCUT2D eigenvalue weighted by Gasteiger charge is -2.20. The van der Waals surface area contributed by atoms with Crippen molar-refractivity contribution in [2.45, 2.75) is 12.8 Å². The largest absolute Gasteiger partial charge is 0.497 e. The van der Waals surface area contributed by atoms with Gasteiger partial charge in [-0.1, -0.05) is 12.1 Å². The van der Waals surface area contributed by atoms with Crippen molar-refractivity contribution in [2.24, 2.45) is 0 Å². The molecule has 2 aliphatic rings. The van der Waals surface area contributed by atoms with Crippen LogP contribution in [-0.2, 0) is 9.59 Å². The van der Waals surface area contributed by atoms with Crippen LogP contribution in [0.5, 0.6) is 5.75 Å². The van der Waals surface area contributed by atoms with Gasteiger partial charge >= 0.3 is 0 Å². The smallest absolute Gasteiger partial charge is 0.282 e. The summed E-state index contributed by atoms with van der Waals surface area (Å²) in [7, 11) is 1.54. The fraction of sp³-hybridized carbons (Fsp3) is 0.238. The molecule has 0 radical (unpaired) electrons. The Morgan fingerprint density at radius 1 is 0.893 bits per heavy atom. The van der Waals surface area contributed by atoms with Crippen LogP contribution in [-0.4, -0.2) is 36.9 Å². The molecule has 0 unspecified atom stereocenters. The van der Waals surface area contributed by atoms with Gasteiger partial charge in [0.2, 0.25) is 0 Å². The highest BCUT2D eigenvalue weighted by molar-refractivity contribution is 6.45. The second kappa shape index (κ2) is 7.07. The van der Waals surface area contributed by atoms with Gasteiger partial charge in [0, 0.05) is 19.2 Å². The number of nitrogens with zero attached hydrogens (tertiary/aromatic N) is 2. The molecule has 1 saturated heterocycles. The first-order valence-corrected chi connectivity index (χ1v) is 8.98. The van der Waals surface area contributed by atoms with E-state index in [0.717, 1.165) is 29.9 Å². The predicted octanol–water partition coefficient (Wildman–Crippen LogP) is 3.35. The van der Waals surface area contributed by atoms with Crippen molar-refractivity contribution >= 4 is 23.1 Å². The molecular weight excluding hydrogens is 366 g/mol. The van der Waals surface area contributed by atoms with Crippen molar-refractivity contribution in [1.82, 2.24) is 4.90 Å². The first kappa shape index (κ1) is 18.2. The van der Waals surface area contributed by atoms with Gasteiger partial charge < -0.3 is 9.64 Å². The molecule has 4 rings (SSSR count). The Morgan fingerprint density at radius 3 is 2.18 bits per heavy atom. The summed E-state index contributed by atoms with van der Waals surface area (Å²) in [4.78, 5) is 29.2. The summed E-state index contributed by atoms with van der Waals surface area (Å²) in [5, 5.41) is 0. The summed E-state index contributed by atoms with van der Waals surface area (Å²) in [6.07, 6.45) is 1.85. The monoisotopic (exact) mass is 384 g/mol. The third-order valence-corrected chi connectivity index (χ3v) is 5.02. The average Bonchev–Trinajstić information content (AvgIpc) is 3.30. The van der Waals surface area contributed by atoms with Crippen LogP contribution in [0.15, 0.2) is 48.2 Å². The number of carbonyl (C=O) groups is 2. The van der Waals surface area contributed by atoms with Crippen molar-refractivity contribution < 1.29 is 23.1 Å². The van der Waals surface area contributed by atoms with Crippen molar-refractivity contribution in [3.05, 3.63) is 65.4 Å². The molecule has 1 fully saturated rings. The van der Waals surface area contributed by atoms with E-state index in [2.05, 4.69) is 0 Å². The van der Waals surface area contributed by atoms with Crippen LogP contribution >= 0.6 is 0 Å². The van der Waals surface area contributed by atoms with E-state index in [1.807, 2.05) is 4.90 Å². The first-order valence-electron chi connectivity index (χ1n) is 8.98. The molecule has 2 aliphatic heterocycles. The average molecular weight is 384 g/mol. The van der Waals surface area contributed by atoms with E-state index in [9.17, 15) is 18.4 Å². The number of likely N-dealkylation sites (tertiary alicyclic amines) is 1. The van der Waals surface area contributed by atoms with Crippen LogP contribution in [0.4, 0.5) is 14.5 Å². The number of hydrogen-bond donors (Lipinski definition) is 0. The minimum absolute atomic E-state index is 0.00843. The van der Waals surface area contributed by atoms with E-state index in [1.165, 1.54) is 6.07 Å². The van der Waals surface area contributed by atoms with E-state index in [-0.39, 0.29) is 11.3 Å². The third-order valence-electron chi connectivity index (χ3n) is 5.02. The molecule has 2 aromatic carbocycles. The van der Waals surface area contributed by atoms with E-state index >= 15 is 0 Å². The molecule has 7 heteroatoms. The molecule has 2 heterocycles. The summed E-state index contributed by atoms with van der Waals surface area (Å²) in [6.45, 7) is 1.33. The topological polar surface area (TPSA) is 49.9 Å². The van der Waals surface area contributed by atoms with E-state index in [4.69, 9.17) is 4.74 Å². The number of benzene rings is 2. The minimum Gasteiger partial charge on any atom is -0.497 e. The van der Waals surface area contributed by atoms with Gasteiger partial charge in [-0.15, -0.1) is 0 Å². The van der Waals surface area contributed by atoms with Gasteiger partial charge in [-0.2, -0.15) is 0 Å². The Labute approximate surface area is 160 Å². The highest BCUT2D eigenvalue weighted by atomic mass is 19.2. The molecule has 144 valence electrons. The normalized spacial score (nSPS) is 17.1. The SMILES string of the molecule is COc1ccc(C2=C(N3CCCC3)C(=O)N(c3ccc(F)c(F)c3)C2=O)cc1. The van der Waals surface area contributed by atoms with Crippen LogP contribution in [0.3, 0.4) is 0 Å². The maximum Gasteiger partial charge on any atom is 0.282 e. The molecule has 5 nitrogen and oxygen atoms in total. The quantitative estimate of drug-likeness (QED) is 0.759. The number of carbonyl (C=O) groups excluding carboxylic acids is 2. The third kappa shape index (κ3) is 2.93. The molecule has 0 aromatic heterocycles. The first-order chi connectivity index (χ1) is 13.5. The van der Waals surface area contributed by atoms with E-state index in [0.29, 0.717) is 30.1 Å². The molecule has 28 heavy (non-hydrogen) atoms. The summed E-state index contributed by atoms with van der Waals surface area (Å²) >= 11 is 0. The van der Waals surface area contributed by atoms with E-state index < -0.39 is 23.4 Å². The number of halogens is 2. The highest BCUT2D eigenvalue weighted by Crippen LogP contribution is 2.36. The lowest BCUT2D eigenvalue weighted by molar-refractivity contribution is -0.120. The molecule has 0 saturated carbocycles. The maximum absolute atomic E-state index is 13.7. The minimum atomic E-state index is -1.11. The Morgan fingerprint density at radius 2 is 1.57 bits per heavy atom. The lowest BCUT2D eigenvalue weighted by Crippen LogP contribution is -2.34. The number of ether oxygens (including phenoxy) is 1. The number of hydrogen-bond acceptors (Lipinski definition) is 4. The van der Waals surface area contributed by atoms with Gasteiger partial charge in [0.25, 0.3) is 11.8 Å². The number of imide groups is 1. The summed E-state index contributed by atoms with van der Waals surface area (Å²) in [6, 6.07) is 9.85. The molecule has 2 amide bonds. The summed E-state index contributed by atoms with van der Waals surface area (Å²) < 4.78 is 32.2. The van der Waals surface area contributed by atoms with Gasteiger partial charge in [-0.25, -0.2) is 13.7 Å². The van der Waals surface area contributed by atoms with Crippen LogP contribution in [0.2, 0.25) is 0 Å². The van der Waals surface area contributed by atoms with Crippen molar-refractivity contribution in [3.63, 3.8) is 0 Å². The molecule has 0 spiro atoms. The fourth-order valence-corrected chi connectivity index (χ4v) is 3.63. The predicted molar refractivity (Wildman–Crippen MR) is 99.6 cm³/mol. The van der Waals surface area contributed by atoms with Crippen molar-refractivity contribution in [2.75, 3.05) is 25.1 Å². The molecule has 0 atom stereocenters. The Bertz CT molecular complexity index is 980. The number of anilines is 1. The molecule has 2 aromatic rings. The molecular formula is C21H18F2N2O3. The zero-order chi connectivity index (χ0) is 19.8. The fourth-order valence-electron chi connectivity index (χ4n) is 3.63. The maximum atomic E-state index is 13.7. The van der Waals surface area contributed by atoms with E-state index in [1.54, 1.807) is 31.4 Å². The zero-order valence-electron chi connectivity index (χ0n) is 15.2. The Kier molecular flexibility index (Phi) is 4.58. The zero-order valence-corrected chi connectivity index (χ0v) is 15.2. The molecule has 0 aliphatic carbocycles. The Balaban J connectivity index is 1.81. The van der Waals surface area contributed by atoms with Crippen LogP contribution in [0.1, 0.15) is 18.4 Å². The second-order valence-corrected chi connectivity index (χ2v) is 6.69. The van der Waals surface area contributed by atoms with Crippen LogP contribution in [0.25, 0.3) is 5.57 Å².